The number of esters is 4. The van der Waals surface area contributed by atoms with Crippen molar-refractivity contribution in [2.24, 2.45) is 0 Å². The third kappa shape index (κ3) is 10.3. The van der Waals surface area contributed by atoms with Crippen molar-refractivity contribution in [3.63, 3.8) is 0 Å². The van der Waals surface area contributed by atoms with Gasteiger partial charge < -0.3 is 43.4 Å². The van der Waals surface area contributed by atoms with E-state index in [4.69, 9.17) is 33.2 Å². The van der Waals surface area contributed by atoms with Crippen LogP contribution < -0.4 is 0 Å². The third-order valence-electron chi connectivity index (χ3n) is 9.81. The largest absolute Gasteiger partial charge is 0.459 e. The van der Waals surface area contributed by atoms with Crippen LogP contribution in [-0.2, 0) is 33.2 Å². The van der Waals surface area contributed by atoms with Gasteiger partial charge in [0.25, 0.3) is 0 Å². The summed E-state index contributed by atoms with van der Waals surface area (Å²) >= 11 is 1.20. The number of aliphatic hydroxyl groups is 2. The van der Waals surface area contributed by atoms with Gasteiger partial charge >= 0.3 is 23.9 Å². The van der Waals surface area contributed by atoms with Gasteiger partial charge in [0.1, 0.15) is 36.5 Å². The maximum atomic E-state index is 14.0. The molecule has 2 saturated heterocycles. The van der Waals surface area contributed by atoms with E-state index in [1.54, 1.807) is 91.9 Å². The van der Waals surface area contributed by atoms with Crippen molar-refractivity contribution in [1.29, 1.82) is 0 Å². The molecule has 2 N–H and O–H groups in total. The molecular weight excluding hydrogens is 793 g/mol. The van der Waals surface area contributed by atoms with Gasteiger partial charge in [0, 0.05) is 4.90 Å². The number of carbonyl (C=O) groups excluding carboxylic acids is 4. The van der Waals surface area contributed by atoms with Crippen LogP contribution >= 0.6 is 11.8 Å². The molecule has 10 atom stereocenters. The predicted octanol–water partition coefficient (Wildman–Crippen LogP) is 5.89. The topological polar surface area (TPSA) is 173 Å². The van der Waals surface area contributed by atoms with Crippen molar-refractivity contribution < 1.29 is 62.5 Å². The van der Waals surface area contributed by atoms with Crippen LogP contribution in [0.4, 0.5) is 0 Å². The minimum atomic E-state index is -1.74. The van der Waals surface area contributed by atoms with Crippen LogP contribution in [0, 0.1) is 0 Å². The molecule has 5 aromatic carbocycles. The molecule has 0 bridgehead atoms. The summed E-state index contributed by atoms with van der Waals surface area (Å²) in [6.45, 7) is 1.02. The Morgan fingerprint density at radius 3 is 1.42 bits per heavy atom. The van der Waals surface area contributed by atoms with Gasteiger partial charge in [0.15, 0.2) is 24.6 Å². The normalized spacial score (nSPS) is 26.2. The fraction of sp³-hybridized carbons (Fsp3) is 0.261. The molecule has 2 aliphatic heterocycles. The summed E-state index contributed by atoms with van der Waals surface area (Å²) in [5.41, 5.74) is -0.394. The Kier molecular flexibility index (Phi) is 14.0. The number of ether oxygens (including phenoxy) is 7. The molecule has 0 aliphatic carbocycles. The zero-order valence-corrected chi connectivity index (χ0v) is 33.0. The van der Waals surface area contributed by atoms with Crippen LogP contribution in [0.2, 0.25) is 0 Å². The Balaban J connectivity index is 1.31. The maximum Gasteiger partial charge on any atom is 0.338 e. The molecule has 2 fully saturated rings. The average Bonchev–Trinajstić information content (AvgIpc) is 3.29. The van der Waals surface area contributed by atoms with Crippen molar-refractivity contribution in [1.82, 2.24) is 0 Å². The molecule has 0 unspecified atom stereocenters. The summed E-state index contributed by atoms with van der Waals surface area (Å²) in [6, 6.07) is 41.2. The van der Waals surface area contributed by atoms with Crippen LogP contribution in [-0.4, -0.2) is 101 Å². The molecule has 7 rings (SSSR count). The highest BCUT2D eigenvalue weighted by Gasteiger charge is 2.56. The smallest absolute Gasteiger partial charge is 0.338 e. The molecule has 2 aliphatic rings. The lowest BCUT2D eigenvalue weighted by atomic mass is 9.96. The van der Waals surface area contributed by atoms with Gasteiger partial charge in [0.2, 0.25) is 0 Å². The first-order valence-corrected chi connectivity index (χ1v) is 20.1. The van der Waals surface area contributed by atoms with E-state index in [1.165, 1.54) is 48.2 Å². The third-order valence-corrected chi connectivity index (χ3v) is 11.0. The molecular formula is C46H42O13S. The minimum Gasteiger partial charge on any atom is -0.459 e. The monoisotopic (exact) mass is 834 g/mol. The Labute approximate surface area is 350 Å². The second-order valence-corrected chi connectivity index (χ2v) is 15.1. The molecule has 2 heterocycles. The van der Waals surface area contributed by atoms with E-state index in [-0.39, 0.29) is 22.3 Å². The summed E-state index contributed by atoms with van der Waals surface area (Å²) in [7, 11) is 0. The lowest BCUT2D eigenvalue weighted by Crippen LogP contribution is -2.65. The molecule has 0 aromatic heterocycles. The first-order chi connectivity index (χ1) is 29.2. The van der Waals surface area contributed by atoms with Crippen LogP contribution in [0.25, 0.3) is 0 Å². The van der Waals surface area contributed by atoms with Crippen molar-refractivity contribution in [2.45, 2.75) is 72.4 Å². The number of aliphatic hydroxyl groups excluding tert-OH is 2. The van der Waals surface area contributed by atoms with E-state index >= 15 is 0 Å². The van der Waals surface area contributed by atoms with Crippen molar-refractivity contribution >= 4 is 35.6 Å². The summed E-state index contributed by atoms with van der Waals surface area (Å²) in [4.78, 5) is 55.9. The van der Waals surface area contributed by atoms with E-state index < -0.39 is 91.0 Å². The number of hydrogen-bond acceptors (Lipinski definition) is 14. The number of thioether (sulfide) groups is 1. The van der Waals surface area contributed by atoms with E-state index in [1.807, 2.05) is 30.3 Å². The highest BCUT2D eigenvalue weighted by molar-refractivity contribution is 7.99. The van der Waals surface area contributed by atoms with E-state index in [0.717, 1.165) is 4.90 Å². The van der Waals surface area contributed by atoms with Gasteiger partial charge in [-0.05, 0) is 67.6 Å². The average molecular weight is 835 g/mol. The zero-order valence-electron chi connectivity index (χ0n) is 32.2. The van der Waals surface area contributed by atoms with Crippen molar-refractivity contribution in [3.05, 3.63) is 174 Å². The van der Waals surface area contributed by atoms with Gasteiger partial charge in [-0.1, -0.05) is 103 Å². The molecule has 13 nitrogen and oxygen atoms in total. The number of hydrogen-bond donors (Lipinski definition) is 2. The van der Waals surface area contributed by atoms with Gasteiger partial charge in [-0.2, -0.15) is 0 Å². The van der Waals surface area contributed by atoms with Crippen molar-refractivity contribution in [2.75, 3.05) is 6.61 Å². The predicted molar refractivity (Wildman–Crippen MR) is 216 cm³/mol. The van der Waals surface area contributed by atoms with Crippen LogP contribution in [0.1, 0.15) is 48.4 Å². The summed E-state index contributed by atoms with van der Waals surface area (Å²) in [6.07, 6.45) is -13.4. The quantitative estimate of drug-likeness (QED) is 0.106. The first-order valence-electron chi connectivity index (χ1n) is 19.2. The molecule has 5 aromatic rings. The molecule has 0 amide bonds. The molecule has 0 radical (unpaired) electrons. The Morgan fingerprint density at radius 1 is 0.517 bits per heavy atom. The number of carbonyl (C=O) groups is 4. The fourth-order valence-corrected chi connectivity index (χ4v) is 7.84. The standard InChI is InChI=1S/C46H42O13S/c1-28-35(47)36(48)38(46(54-28)60-33-25-15-6-16-26-33)59-45-40(58-44(52)32-23-13-5-14-24-32)39(57-43(51)31-21-11-4-12-22-31)37(56-42(50)30-19-9-3-10-20-30)34(55-45)27-53-41(49)29-17-7-2-8-18-29/h2-26,28,34-40,45-48H,27H2,1H3/t28-,34+,35+,36+,37+,38-,39-,40+,45-,46-/m0/s1. The molecule has 14 heteroatoms. The highest BCUT2D eigenvalue weighted by Crippen LogP contribution is 2.38. The summed E-state index contributed by atoms with van der Waals surface area (Å²) < 4.78 is 43.3. The molecule has 310 valence electrons. The second-order valence-electron chi connectivity index (χ2n) is 13.9. The summed E-state index contributed by atoms with van der Waals surface area (Å²) in [5.74, 6) is -3.37. The summed E-state index contributed by atoms with van der Waals surface area (Å²) in [5, 5.41) is 22.7. The molecule has 0 saturated carbocycles. The molecule has 0 spiro atoms. The Bertz CT molecular complexity index is 2180. The molecule has 60 heavy (non-hydrogen) atoms. The van der Waals surface area contributed by atoms with Crippen LogP contribution in [0.3, 0.4) is 0 Å². The van der Waals surface area contributed by atoms with Gasteiger partial charge in [-0.15, -0.1) is 0 Å². The van der Waals surface area contributed by atoms with Crippen LogP contribution in [0.5, 0.6) is 0 Å². The second kappa shape index (κ2) is 19.9. The SMILES string of the molecule is C[C@@H]1O[C@@H](Sc2ccccc2)[C@@H](O[C@@H]2O[C@H](COC(=O)c3ccccc3)[C@@H](OC(=O)c3ccccc3)[C@H](OC(=O)c3ccccc3)[C@H]2OC(=O)c2ccccc2)[C@H](O)[C@@H]1O. The lowest BCUT2D eigenvalue weighted by Gasteiger charge is -2.47. The van der Waals surface area contributed by atoms with Gasteiger partial charge in [-0.3, -0.25) is 0 Å². The van der Waals surface area contributed by atoms with Gasteiger partial charge in [-0.25, -0.2) is 19.2 Å². The zero-order chi connectivity index (χ0) is 42.0. The number of rotatable bonds is 13. The van der Waals surface area contributed by atoms with Gasteiger partial charge in [0.05, 0.1) is 28.4 Å². The van der Waals surface area contributed by atoms with Crippen LogP contribution in [0.15, 0.2) is 157 Å². The van der Waals surface area contributed by atoms with E-state index in [0.29, 0.717) is 0 Å². The Hall–Kier alpha value is -5.87. The fourth-order valence-electron chi connectivity index (χ4n) is 6.67. The maximum absolute atomic E-state index is 14.0. The highest BCUT2D eigenvalue weighted by atomic mass is 32.2. The first kappa shape index (κ1) is 42.3. The van der Waals surface area contributed by atoms with E-state index in [2.05, 4.69) is 0 Å². The number of benzene rings is 5. The van der Waals surface area contributed by atoms with E-state index in [9.17, 15) is 29.4 Å². The van der Waals surface area contributed by atoms with Crippen molar-refractivity contribution in [3.8, 4) is 0 Å². The lowest BCUT2D eigenvalue weighted by molar-refractivity contribution is -0.331. The minimum absolute atomic E-state index is 0.113. The Morgan fingerprint density at radius 2 is 0.933 bits per heavy atom.